The van der Waals surface area contributed by atoms with E-state index in [4.69, 9.17) is 9.47 Å². The zero-order valence-electron chi connectivity index (χ0n) is 11.9. The molecule has 2 atom stereocenters. The molecule has 20 heavy (non-hydrogen) atoms. The molecule has 0 fully saturated rings. The summed E-state index contributed by atoms with van der Waals surface area (Å²) in [5.74, 6) is 0.482. The summed E-state index contributed by atoms with van der Waals surface area (Å²) in [7, 11) is 0. The lowest BCUT2D eigenvalue weighted by molar-refractivity contribution is 0.0430. The molecule has 1 aliphatic heterocycles. The summed E-state index contributed by atoms with van der Waals surface area (Å²) in [5.41, 5.74) is -0.608. The Kier molecular flexibility index (Phi) is 4.15. The second-order valence-electron chi connectivity index (χ2n) is 5.83. The van der Waals surface area contributed by atoms with Crippen LogP contribution in [-0.4, -0.2) is 40.8 Å². The van der Waals surface area contributed by atoms with Crippen LogP contribution in [0.5, 0.6) is 5.88 Å². The summed E-state index contributed by atoms with van der Waals surface area (Å²) < 4.78 is 25.5. The molecule has 1 unspecified atom stereocenters. The van der Waals surface area contributed by atoms with Crippen molar-refractivity contribution in [3.8, 4) is 5.88 Å². The number of nitrogens with one attached hydrogen (secondary N) is 1. The maximum absolute atomic E-state index is 13.2. The Bertz CT molecular complexity index is 470. The van der Waals surface area contributed by atoms with Gasteiger partial charge in [0.25, 0.3) is 0 Å². The Morgan fingerprint density at radius 2 is 2.45 bits per heavy atom. The SMILES string of the molecule is CC(C)(C)OC(=O)N[C@H](CF)C1COc2ccnn2C1. The Balaban J connectivity index is 1.94. The highest BCUT2D eigenvalue weighted by atomic mass is 19.1. The van der Waals surface area contributed by atoms with Gasteiger partial charge in [-0.05, 0) is 20.8 Å². The normalized spacial score (nSPS) is 19.7. The number of aromatic nitrogens is 2. The van der Waals surface area contributed by atoms with Gasteiger partial charge in [-0.15, -0.1) is 0 Å². The minimum Gasteiger partial charge on any atom is -0.477 e. The molecule has 1 amide bonds. The van der Waals surface area contributed by atoms with Crippen molar-refractivity contribution in [2.24, 2.45) is 5.92 Å². The van der Waals surface area contributed by atoms with Gasteiger partial charge in [0.2, 0.25) is 5.88 Å². The third-order valence-electron chi connectivity index (χ3n) is 2.97. The smallest absolute Gasteiger partial charge is 0.407 e. The highest BCUT2D eigenvalue weighted by molar-refractivity contribution is 5.68. The number of ether oxygens (including phenoxy) is 2. The standard InChI is InChI=1S/C13H20FN3O3/c1-13(2,3)20-12(18)16-10(6-14)9-7-17-11(19-8-9)4-5-15-17/h4-5,9-10H,6-8H2,1-3H3,(H,16,18)/t9?,10-/m1/s1. The second-order valence-corrected chi connectivity index (χ2v) is 5.83. The zero-order chi connectivity index (χ0) is 14.8. The van der Waals surface area contributed by atoms with Crippen LogP contribution < -0.4 is 10.1 Å². The van der Waals surface area contributed by atoms with Gasteiger partial charge in [0, 0.05) is 12.0 Å². The van der Waals surface area contributed by atoms with E-state index in [-0.39, 0.29) is 5.92 Å². The van der Waals surface area contributed by atoms with Crippen LogP contribution in [-0.2, 0) is 11.3 Å². The molecule has 0 bridgehead atoms. The fraction of sp³-hybridized carbons (Fsp3) is 0.692. The number of hydrogen-bond acceptors (Lipinski definition) is 4. The minimum absolute atomic E-state index is 0.181. The van der Waals surface area contributed by atoms with E-state index in [2.05, 4.69) is 10.4 Å². The third kappa shape index (κ3) is 3.61. The first kappa shape index (κ1) is 14.6. The lowest BCUT2D eigenvalue weighted by Crippen LogP contribution is -2.48. The molecule has 1 aliphatic rings. The minimum atomic E-state index is -0.677. The first-order valence-corrected chi connectivity index (χ1v) is 6.59. The maximum atomic E-state index is 13.2. The number of fused-ring (bicyclic) bond motifs is 1. The average Bonchev–Trinajstić information content (AvgIpc) is 2.80. The first-order valence-electron chi connectivity index (χ1n) is 6.59. The molecule has 1 aromatic rings. The number of amides is 1. The summed E-state index contributed by atoms with van der Waals surface area (Å²) in [6.45, 7) is 5.46. The van der Waals surface area contributed by atoms with Crippen LogP contribution in [0.25, 0.3) is 0 Å². The van der Waals surface area contributed by atoms with Crippen molar-refractivity contribution >= 4 is 6.09 Å². The molecular formula is C13H20FN3O3. The Labute approximate surface area is 117 Å². The van der Waals surface area contributed by atoms with Gasteiger partial charge in [0.1, 0.15) is 12.3 Å². The number of hydrogen-bond donors (Lipinski definition) is 1. The van der Waals surface area contributed by atoms with E-state index in [1.54, 1.807) is 37.7 Å². The quantitative estimate of drug-likeness (QED) is 0.919. The predicted octanol–water partition coefficient (Wildman–Crippen LogP) is 1.75. The Hall–Kier alpha value is -1.79. The summed E-state index contributed by atoms with van der Waals surface area (Å²) in [6.07, 6.45) is 1.01. The van der Waals surface area contributed by atoms with Crippen LogP contribution in [0.2, 0.25) is 0 Å². The van der Waals surface area contributed by atoms with Crippen LogP contribution in [0.15, 0.2) is 12.3 Å². The number of carbonyl (C=O) groups is 1. The summed E-state index contributed by atoms with van der Waals surface area (Å²) in [5, 5.41) is 6.65. The summed E-state index contributed by atoms with van der Waals surface area (Å²) in [6, 6.07) is 1.10. The number of nitrogens with zero attached hydrogens (tertiary/aromatic N) is 2. The van der Waals surface area contributed by atoms with Gasteiger partial charge in [0.15, 0.2) is 0 Å². The van der Waals surface area contributed by atoms with Gasteiger partial charge in [-0.3, -0.25) is 0 Å². The van der Waals surface area contributed by atoms with E-state index in [0.717, 1.165) is 0 Å². The first-order chi connectivity index (χ1) is 9.39. The number of alkyl carbamates (subject to hydrolysis) is 1. The van der Waals surface area contributed by atoms with Crippen molar-refractivity contribution in [1.29, 1.82) is 0 Å². The van der Waals surface area contributed by atoms with Crippen LogP contribution in [0.3, 0.4) is 0 Å². The van der Waals surface area contributed by atoms with Crippen LogP contribution in [0.1, 0.15) is 20.8 Å². The van der Waals surface area contributed by atoms with Crippen molar-refractivity contribution in [1.82, 2.24) is 15.1 Å². The molecule has 6 nitrogen and oxygen atoms in total. The van der Waals surface area contributed by atoms with Gasteiger partial charge in [-0.2, -0.15) is 5.10 Å². The molecule has 0 spiro atoms. The highest BCUT2D eigenvalue weighted by Gasteiger charge is 2.30. The number of rotatable bonds is 3. The van der Waals surface area contributed by atoms with Crippen molar-refractivity contribution in [3.05, 3.63) is 12.3 Å². The van der Waals surface area contributed by atoms with E-state index in [0.29, 0.717) is 19.0 Å². The molecule has 112 valence electrons. The summed E-state index contributed by atoms with van der Waals surface area (Å²) in [4.78, 5) is 11.7. The Morgan fingerprint density at radius 1 is 1.70 bits per heavy atom. The van der Waals surface area contributed by atoms with Crippen LogP contribution >= 0.6 is 0 Å². The zero-order valence-corrected chi connectivity index (χ0v) is 11.9. The summed E-state index contributed by atoms with van der Waals surface area (Å²) >= 11 is 0. The van der Waals surface area contributed by atoms with E-state index in [1.807, 2.05) is 0 Å². The van der Waals surface area contributed by atoms with Gasteiger partial charge in [-0.1, -0.05) is 0 Å². The molecule has 0 aliphatic carbocycles. The fourth-order valence-corrected chi connectivity index (χ4v) is 2.03. The number of alkyl halides is 1. The van der Waals surface area contributed by atoms with E-state index < -0.39 is 24.4 Å². The van der Waals surface area contributed by atoms with Crippen molar-refractivity contribution in [2.45, 2.75) is 39.0 Å². The molecule has 0 saturated carbocycles. The molecule has 2 rings (SSSR count). The predicted molar refractivity (Wildman–Crippen MR) is 70.3 cm³/mol. The fourth-order valence-electron chi connectivity index (χ4n) is 2.03. The largest absolute Gasteiger partial charge is 0.477 e. The molecule has 0 aromatic carbocycles. The topological polar surface area (TPSA) is 65.4 Å². The van der Waals surface area contributed by atoms with Gasteiger partial charge in [-0.25, -0.2) is 13.9 Å². The van der Waals surface area contributed by atoms with Gasteiger partial charge >= 0.3 is 6.09 Å². The van der Waals surface area contributed by atoms with E-state index in [9.17, 15) is 9.18 Å². The lowest BCUT2D eigenvalue weighted by atomic mass is 10.0. The number of carbonyl (C=O) groups excluding carboxylic acids is 1. The van der Waals surface area contributed by atoms with Crippen molar-refractivity contribution in [2.75, 3.05) is 13.3 Å². The maximum Gasteiger partial charge on any atom is 0.407 e. The molecule has 0 radical (unpaired) electrons. The van der Waals surface area contributed by atoms with Gasteiger partial charge < -0.3 is 14.8 Å². The Morgan fingerprint density at radius 3 is 3.10 bits per heavy atom. The van der Waals surface area contributed by atoms with Crippen LogP contribution in [0, 0.1) is 5.92 Å². The molecule has 1 N–H and O–H groups in total. The molecule has 7 heteroatoms. The van der Waals surface area contributed by atoms with Crippen LogP contribution in [0.4, 0.5) is 9.18 Å². The van der Waals surface area contributed by atoms with E-state index >= 15 is 0 Å². The highest BCUT2D eigenvalue weighted by Crippen LogP contribution is 2.21. The average molecular weight is 285 g/mol. The van der Waals surface area contributed by atoms with Crippen molar-refractivity contribution < 1.29 is 18.7 Å². The monoisotopic (exact) mass is 285 g/mol. The molecule has 1 aromatic heterocycles. The molecule has 2 heterocycles. The third-order valence-corrected chi connectivity index (χ3v) is 2.97. The van der Waals surface area contributed by atoms with Gasteiger partial charge in [0.05, 0.1) is 25.4 Å². The lowest BCUT2D eigenvalue weighted by Gasteiger charge is -2.30. The van der Waals surface area contributed by atoms with Crippen molar-refractivity contribution in [3.63, 3.8) is 0 Å². The molecular weight excluding hydrogens is 265 g/mol. The second kappa shape index (κ2) is 5.68. The number of halogens is 1. The van der Waals surface area contributed by atoms with E-state index in [1.165, 1.54) is 0 Å². The molecule has 0 saturated heterocycles.